The number of nitrogens with two attached hydrogens (primary N) is 1. The van der Waals surface area contributed by atoms with Crippen LogP contribution in [0.4, 0.5) is 21.6 Å². The number of rotatable bonds is 2. The molecule has 1 aliphatic heterocycles. The molecule has 2 heterocycles. The van der Waals surface area contributed by atoms with Crippen molar-refractivity contribution in [1.29, 1.82) is 0 Å². The summed E-state index contributed by atoms with van der Waals surface area (Å²) >= 11 is 5.94. The molecule has 0 bridgehead atoms. The first-order valence-corrected chi connectivity index (χ1v) is 10.1. The third-order valence-corrected chi connectivity index (χ3v) is 5.74. The first kappa shape index (κ1) is 20.8. The molecule has 2 N–H and O–H groups in total. The van der Waals surface area contributed by atoms with Crippen LogP contribution in [-0.2, 0) is 0 Å². The number of anilines is 2. The van der Waals surface area contributed by atoms with Crippen LogP contribution in [0.5, 0.6) is 0 Å². The van der Waals surface area contributed by atoms with Gasteiger partial charge in [0.05, 0.1) is 21.2 Å². The molecule has 158 valence electrons. The van der Waals surface area contributed by atoms with Gasteiger partial charge in [-0.15, -0.1) is 0 Å². The number of benzene rings is 2. The van der Waals surface area contributed by atoms with Crippen LogP contribution >= 0.6 is 11.6 Å². The molecule has 1 aliphatic rings. The van der Waals surface area contributed by atoms with E-state index in [-0.39, 0.29) is 22.1 Å². The lowest BCUT2D eigenvalue weighted by molar-refractivity contribution is -0.385. The van der Waals surface area contributed by atoms with Gasteiger partial charge in [-0.05, 0) is 38.0 Å². The molecule has 0 spiro atoms. The Hall–Kier alpha value is -3.44. The summed E-state index contributed by atoms with van der Waals surface area (Å²) in [6, 6.07) is 7.83. The highest BCUT2D eigenvalue weighted by molar-refractivity contribution is 6.31. The number of hydrogen-bond acceptors (Lipinski definition) is 6. The smallest absolute Gasteiger partial charge is 0.285 e. The normalized spacial score (nSPS) is 18.5. The fourth-order valence-corrected chi connectivity index (χ4v) is 4.03. The van der Waals surface area contributed by atoms with Crippen molar-refractivity contribution in [2.45, 2.75) is 19.8 Å². The highest BCUT2D eigenvalue weighted by Crippen LogP contribution is 2.35. The molecule has 0 unspecified atom stereocenters. The third-order valence-electron chi connectivity index (χ3n) is 5.45. The molecule has 1 atom stereocenters. The Morgan fingerprint density at radius 2 is 2.16 bits per heavy atom. The van der Waals surface area contributed by atoms with Crippen molar-refractivity contribution in [3.8, 4) is 11.8 Å². The van der Waals surface area contributed by atoms with Gasteiger partial charge in [-0.3, -0.25) is 10.1 Å². The van der Waals surface area contributed by atoms with Crippen molar-refractivity contribution in [1.82, 2.24) is 9.97 Å². The molecule has 0 amide bonds. The summed E-state index contributed by atoms with van der Waals surface area (Å²) in [5.74, 6) is 5.89. The van der Waals surface area contributed by atoms with Crippen LogP contribution in [0.2, 0.25) is 5.02 Å². The number of halogens is 2. The summed E-state index contributed by atoms with van der Waals surface area (Å²) in [6.45, 7) is 3.14. The summed E-state index contributed by atoms with van der Waals surface area (Å²) in [5, 5.41) is 12.1. The zero-order chi connectivity index (χ0) is 22.2. The van der Waals surface area contributed by atoms with Crippen LogP contribution in [0.15, 0.2) is 36.7 Å². The average Bonchev–Trinajstić information content (AvgIpc) is 2.74. The second kappa shape index (κ2) is 8.00. The predicted molar refractivity (Wildman–Crippen MR) is 118 cm³/mol. The van der Waals surface area contributed by atoms with E-state index in [1.165, 1.54) is 18.5 Å². The van der Waals surface area contributed by atoms with E-state index in [9.17, 15) is 14.5 Å². The molecule has 9 heteroatoms. The summed E-state index contributed by atoms with van der Waals surface area (Å²) in [6.07, 6.45) is 2.90. The first-order chi connectivity index (χ1) is 14.8. The summed E-state index contributed by atoms with van der Waals surface area (Å²) < 4.78 is 14.5. The van der Waals surface area contributed by atoms with Gasteiger partial charge in [-0.1, -0.05) is 29.5 Å². The fourth-order valence-electron chi connectivity index (χ4n) is 3.86. The van der Waals surface area contributed by atoms with E-state index < -0.39 is 16.2 Å². The summed E-state index contributed by atoms with van der Waals surface area (Å²) in [5.41, 5.74) is 6.36. The Bertz CT molecular complexity index is 1260. The van der Waals surface area contributed by atoms with Crippen molar-refractivity contribution < 1.29 is 9.31 Å². The topological polar surface area (TPSA) is 98.2 Å². The van der Waals surface area contributed by atoms with Crippen molar-refractivity contribution in [2.75, 3.05) is 23.7 Å². The zero-order valence-corrected chi connectivity index (χ0v) is 17.5. The summed E-state index contributed by atoms with van der Waals surface area (Å²) in [7, 11) is 0. The Morgan fingerprint density at radius 3 is 2.94 bits per heavy atom. The molecule has 0 aliphatic carbocycles. The number of piperidine rings is 1. The number of aromatic nitrogens is 2. The lowest BCUT2D eigenvalue weighted by Gasteiger charge is -2.38. The Morgan fingerprint density at radius 1 is 1.35 bits per heavy atom. The Balaban J connectivity index is 1.70. The van der Waals surface area contributed by atoms with Crippen molar-refractivity contribution in [2.24, 2.45) is 5.41 Å². The molecule has 31 heavy (non-hydrogen) atoms. The lowest BCUT2D eigenvalue weighted by atomic mass is 9.82. The van der Waals surface area contributed by atoms with E-state index in [1.54, 1.807) is 18.2 Å². The standard InChI is InChI=1S/C22H19ClFN5O2/c1-22(7-3-9-28(12-22)18-5-2-4-16(23)20(18)24)8-6-14-10-17-15(11-19(14)29(30)31)21(25)27-13-26-17/h2,4-5,10-11,13H,3,7,9,12H2,1H3,(H2,25,26,27)/t22-/m0/s1. The number of nitro groups is 1. The monoisotopic (exact) mass is 439 g/mol. The molecule has 1 saturated heterocycles. The molecular weight excluding hydrogens is 421 g/mol. The molecular formula is C22H19ClFN5O2. The largest absolute Gasteiger partial charge is 0.383 e. The van der Waals surface area contributed by atoms with Crippen LogP contribution in [0.1, 0.15) is 25.3 Å². The van der Waals surface area contributed by atoms with E-state index in [1.807, 2.05) is 11.8 Å². The SMILES string of the molecule is C[C@@]1(C#Cc2cc3ncnc(N)c3cc2[N+](=O)[O-])CCCN(c2cccc(Cl)c2F)C1. The first-order valence-electron chi connectivity index (χ1n) is 9.68. The summed E-state index contributed by atoms with van der Waals surface area (Å²) in [4.78, 5) is 21.1. The van der Waals surface area contributed by atoms with Crippen LogP contribution in [-0.4, -0.2) is 28.0 Å². The van der Waals surface area contributed by atoms with Gasteiger partial charge in [-0.25, -0.2) is 14.4 Å². The second-order valence-electron chi connectivity index (χ2n) is 7.81. The number of hydrogen-bond donors (Lipinski definition) is 1. The number of fused-ring (bicyclic) bond motifs is 1. The van der Waals surface area contributed by atoms with Gasteiger partial charge in [0.25, 0.3) is 5.69 Å². The molecule has 7 nitrogen and oxygen atoms in total. The van der Waals surface area contributed by atoms with E-state index in [2.05, 4.69) is 21.8 Å². The van der Waals surface area contributed by atoms with Gasteiger partial charge < -0.3 is 10.6 Å². The maximum Gasteiger partial charge on any atom is 0.285 e. The van der Waals surface area contributed by atoms with Crippen molar-refractivity contribution >= 4 is 39.7 Å². The number of nitro benzene ring substituents is 1. The minimum atomic E-state index is -0.493. The van der Waals surface area contributed by atoms with E-state index in [0.717, 1.165) is 12.8 Å². The van der Waals surface area contributed by atoms with Crippen molar-refractivity contribution in [3.63, 3.8) is 0 Å². The highest BCUT2D eigenvalue weighted by Gasteiger charge is 2.31. The maximum atomic E-state index is 14.5. The third kappa shape index (κ3) is 4.09. The molecule has 0 saturated carbocycles. The van der Waals surface area contributed by atoms with E-state index in [4.69, 9.17) is 17.3 Å². The number of nitrogens with zero attached hydrogens (tertiary/aromatic N) is 4. The van der Waals surface area contributed by atoms with E-state index in [0.29, 0.717) is 29.7 Å². The van der Waals surface area contributed by atoms with Gasteiger partial charge in [0.2, 0.25) is 0 Å². The van der Waals surface area contributed by atoms with Gasteiger partial charge in [0.15, 0.2) is 5.82 Å². The Labute approximate surface area is 183 Å². The van der Waals surface area contributed by atoms with Crippen LogP contribution in [0, 0.1) is 33.2 Å². The zero-order valence-electron chi connectivity index (χ0n) is 16.7. The predicted octanol–water partition coefficient (Wildman–Crippen LogP) is 4.57. The van der Waals surface area contributed by atoms with Crippen LogP contribution < -0.4 is 10.6 Å². The van der Waals surface area contributed by atoms with Gasteiger partial charge in [-0.2, -0.15) is 0 Å². The minimum Gasteiger partial charge on any atom is -0.383 e. The second-order valence-corrected chi connectivity index (χ2v) is 8.22. The average molecular weight is 440 g/mol. The molecule has 0 radical (unpaired) electrons. The van der Waals surface area contributed by atoms with E-state index >= 15 is 0 Å². The number of nitrogen functional groups attached to an aromatic ring is 1. The maximum absolute atomic E-state index is 14.5. The van der Waals surface area contributed by atoms with Gasteiger partial charge >= 0.3 is 0 Å². The highest BCUT2D eigenvalue weighted by atomic mass is 35.5. The van der Waals surface area contributed by atoms with Gasteiger partial charge in [0.1, 0.15) is 17.7 Å². The van der Waals surface area contributed by atoms with Crippen LogP contribution in [0.3, 0.4) is 0 Å². The molecule has 4 rings (SSSR count). The molecule has 1 aromatic heterocycles. The lowest BCUT2D eigenvalue weighted by Crippen LogP contribution is -2.41. The molecule has 3 aromatic rings. The molecule has 2 aromatic carbocycles. The fraction of sp³-hybridized carbons (Fsp3) is 0.273. The Kier molecular flexibility index (Phi) is 5.38. The minimum absolute atomic E-state index is 0.0731. The van der Waals surface area contributed by atoms with Gasteiger partial charge in [0, 0.05) is 30.0 Å². The molecule has 1 fully saturated rings. The quantitative estimate of drug-likeness (QED) is 0.357. The van der Waals surface area contributed by atoms with Crippen molar-refractivity contribution in [3.05, 3.63) is 63.2 Å². The van der Waals surface area contributed by atoms with Crippen LogP contribution in [0.25, 0.3) is 10.9 Å².